The standard InChI is InChI=1S/C11H10F2N4O2/c12-6-1-2-7(14)10(13)9(6)11(18)15-4-3-8-16-5-17-19-8/h1-2,5H,3-4,14H2,(H,15,18). The van der Waals surface area contributed by atoms with Crippen molar-refractivity contribution in [2.24, 2.45) is 0 Å². The number of anilines is 1. The first-order chi connectivity index (χ1) is 9.09. The normalized spacial score (nSPS) is 10.4. The number of halogens is 2. The number of nitrogens with two attached hydrogens (primary N) is 1. The number of amides is 1. The highest BCUT2D eigenvalue weighted by atomic mass is 19.1. The lowest BCUT2D eigenvalue weighted by Gasteiger charge is -2.07. The number of nitrogens with one attached hydrogen (secondary N) is 1. The number of nitrogen functional groups attached to an aromatic ring is 1. The van der Waals surface area contributed by atoms with E-state index in [0.717, 1.165) is 12.1 Å². The number of rotatable bonds is 4. The lowest BCUT2D eigenvalue weighted by molar-refractivity contribution is 0.0945. The van der Waals surface area contributed by atoms with Crippen LogP contribution in [0.5, 0.6) is 0 Å². The zero-order valence-electron chi connectivity index (χ0n) is 9.69. The first-order valence-corrected chi connectivity index (χ1v) is 5.37. The molecule has 3 N–H and O–H groups in total. The molecule has 0 saturated carbocycles. The minimum absolute atomic E-state index is 0.106. The van der Waals surface area contributed by atoms with Gasteiger partial charge in [-0.2, -0.15) is 4.98 Å². The molecule has 0 atom stereocenters. The SMILES string of the molecule is Nc1ccc(F)c(C(=O)NCCc2ncno2)c1F. The molecule has 0 aliphatic carbocycles. The van der Waals surface area contributed by atoms with Gasteiger partial charge in [-0.3, -0.25) is 4.79 Å². The monoisotopic (exact) mass is 268 g/mol. The number of nitrogens with zero attached hydrogens (tertiary/aromatic N) is 2. The van der Waals surface area contributed by atoms with Crippen LogP contribution in [0.2, 0.25) is 0 Å². The van der Waals surface area contributed by atoms with E-state index >= 15 is 0 Å². The summed E-state index contributed by atoms with van der Waals surface area (Å²) < 4.78 is 31.6. The Balaban J connectivity index is 2.02. The summed E-state index contributed by atoms with van der Waals surface area (Å²) in [5.74, 6) is -2.62. The van der Waals surface area contributed by atoms with Gasteiger partial charge in [-0.1, -0.05) is 5.16 Å². The smallest absolute Gasteiger partial charge is 0.257 e. The Kier molecular flexibility index (Phi) is 3.69. The summed E-state index contributed by atoms with van der Waals surface area (Å²) in [6.07, 6.45) is 1.48. The summed E-state index contributed by atoms with van der Waals surface area (Å²) in [6, 6.07) is 1.99. The van der Waals surface area contributed by atoms with E-state index in [1.807, 2.05) is 0 Å². The molecule has 19 heavy (non-hydrogen) atoms. The topological polar surface area (TPSA) is 94.0 Å². The van der Waals surface area contributed by atoms with Gasteiger partial charge in [0.05, 0.1) is 5.69 Å². The van der Waals surface area contributed by atoms with Crippen molar-refractivity contribution in [1.29, 1.82) is 0 Å². The largest absolute Gasteiger partial charge is 0.396 e. The van der Waals surface area contributed by atoms with Gasteiger partial charge >= 0.3 is 0 Å². The van der Waals surface area contributed by atoms with E-state index in [2.05, 4.69) is 15.5 Å². The molecule has 0 fully saturated rings. The summed E-state index contributed by atoms with van der Waals surface area (Å²) >= 11 is 0. The summed E-state index contributed by atoms with van der Waals surface area (Å²) in [4.78, 5) is 15.4. The Morgan fingerprint density at radius 2 is 2.21 bits per heavy atom. The fraction of sp³-hybridized carbons (Fsp3) is 0.182. The van der Waals surface area contributed by atoms with Crippen LogP contribution in [0.15, 0.2) is 23.0 Å². The quantitative estimate of drug-likeness (QED) is 0.803. The minimum atomic E-state index is -1.07. The Hall–Kier alpha value is -2.51. The average Bonchev–Trinajstić information content (AvgIpc) is 2.87. The maximum Gasteiger partial charge on any atom is 0.257 e. The van der Waals surface area contributed by atoms with Gasteiger partial charge in [0.2, 0.25) is 5.89 Å². The predicted molar refractivity (Wildman–Crippen MR) is 61.1 cm³/mol. The molecular formula is C11H10F2N4O2. The van der Waals surface area contributed by atoms with Gasteiger partial charge in [0.15, 0.2) is 12.1 Å². The number of benzene rings is 1. The molecule has 0 radical (unpaired) electrons. The zero-order valence-corrected chi connectivity index (χ0v) is 9.69. The molecule has 0 saturated heterocycles. The first-order valence-electron chi connectivity index (χ1n) is 5.37. The molecule has 0 spiro atoms. The second-order valence-electron chi connectivity index (χ2n) is 3.67. The van der Waals surface area contributed by atoms with Crippen molar-refractivity contribution < 1.29 is 18.1 Å². The average molecular weight is 268 g/mol. The van der Waals surface area contributed by atoms with Crippen molar-refractivity contribution in [3.63, 3.8) is 0 Å². The van der Waals surface area contributed by atoms with Crippen LogP contribution in [0.25, 0.3) is 0 Å². The molecule has 0 aliphatic rings. The Morgan fingerprint density at radius 1 is 1.42 bits per heavy atom. The molecular weight excluding hydrogens is 258 g/mol. The number of hydrogen-bond donors (Lipinski definition) is 2. The third-order valence-corrected chi connectivity index (χ3v) is 2.38. The third kappa shape index (κ3) is 2.84. The van der Waals surface area contributed by atoms with Crippen LogP contribution in [0.4, 0.5) is 14.5 Å². The van der Waals surface area contributed by atoms with Crippen molar-refractivity contribution in [2.45, 2.75) is 6.42 Å². The van der Waals surface area contributed by atoms with Gasteiger partial charge in [-0.25, -0.2) is 8.78 Å². The highest BCUT2D eigenvalue weighted by molar-refractivity contribution is 5.95. The fourth-order valence-electron chi connectivity index (χ4n) is 1.45. The molecule has 6 nitrogen and oxygen atoms in total. The Morgan fingerprint density at radius 3 is 2.89 bits per heavy atom. The number of hydrogen-bond acceptors (Lipinski definition) is 5. The van der Waals surface area contributed by atoms with Gasteiger partial charge in [0.25, 0.3) is 5.91 Å². The highest BCUT2D eigenvalue weighted by Crippen LogP contribution is 2.18. The molecule has 8 heteroatoms. The Labute approximate surface area is 106 Å². The lowest BCUT2D eigenvalue weighted by atomic mass is 10.1. The van der Waals surface area contributed by atoms with Crippen LogP contribution < -0.4 is 11.1 Å². The number of carbonyl (C=O) groups excluding carboxylic acids is 1. The molecule has 1 amide bonds. The molecule has 100 valence electrons. The molecule has 0 unspecified atom stereocenters. The Bertz CT molecular complexity index is 587. The van der Waals surface area contributed by atoms with E-state index in [-0.39, 0.29) is 18.7 Å². The summed E-state index contributed by atoms with van der Waals surface area (Å²) in [6.45, 7) is 0.106. The van der Waals surface area contributed by atoms with Gasteiger partial charge in [0.1, 0.15) is 11.4 Å². The molecule has 0 aliphatic heterocycles. The predicted octanol–water partition coefficient (Wildman–Crippen LogP) is 0.903. The van der Waals surface area contributed by atoms with Crippen molar-refractivity contribution in [3.05, 3.63) is 41.5 Å². The van der Waals surface area contributed by atoms with Crippen molar-refractivity contribution in [3.8, 4) is 0 Å². The van der Waals surface area contributed by atoms with Crippen molar-refractivity contribution in [1.82, 2.24) is 15.5 Å². The van der Waals surface area contributed by atoms with Crippen molar-refractivity contribution >= 4 is 11.6 Å². The van der Waals surface area contributed by atoms with E-state index in [1.165, 1.54) is 6.33 Å². The minimum Gasteiger partial charge on any atom is -0.396 e. The van der Waals surface area contributed by atoms with E-state index < -0.39 is 23.1 Å². The molecule has 1 heterocycles. The summed E-state index contributed by atoms with van der Waals surface area (Å²) in [5, 5.41) is 5.73. The van der Waals surface area contributed by atoms with E-state index in [1.54, 1.807) is 0 Å². The highest BCUT2D eigenvalue weighted by Gasteiger charge is 2.19. The molecule has 2 aromatic rings. The first kappa shape index (κ1) is 12.9. The maximum atomic E-state index is 13.5. The van der Waals surface area contributed by atoms with Gasteiger partial charge < -0.3 is 15.6 Å². The van der Waals surface area contributed by atoms with Gasteiger partial charge in [-0.05, 0) is 12.1 Å². The summed E-state index contributed by atoms with van der Waals surface area (Å²) in [5.41, 5.74) is 4.29. The van der Waals surface area contributed by atoms with Crippen molar-refractivity contribution in [2.75, 3.05) is 12.3 Å². The van der Waals surface area contributed by atoms with Crippen LogP contribution in [-0.4, -0.2) is 22.6 Å². The van der Waals surface area contributed by atoms with Gasteiger partial charge in [0, 0.05) is 13.0 Å². The van der Waals surface area contributed by atoms with E-state index in [0.29, 0.717) is 5.89 Å². The van der Waals surface area contributed by atoms with E-state index in [4.69, 9.17) is 10.3 Å². The van der Waals surface area contributed by atoms with Gasteiger partial charge in [-0.15, -0.1) is 0 Å². The third-order valence-electron chi connectivity index (χ3n) is 2.38. The van der Waals surface area contributed by atoms with E-state index in [9.17, 15) is 13.6 Å². The second kappa shape index (κ2) is 5.42. The van der Waals surface area contributed by atoms with Crippen LogP contribution in [0, 0.1) is 11.6 Å². The molecule has 1 aromatic heterocycles. The molecule has 2 rings (SSSR count). The van der Waals surface area contributed by atoms with Crippen LogP contribution in [0.1, 0.15) is 16.2 Å². The van der Waals surface area contributed by atoms with Crippen LogP contribution in [-0.2, 0) is 6.42 Å². The fourth-order valence-corrected chi connectivity index (χ4v) is 1.45. The number of carbonyl (C=O) groups is 1. The van der Waals surface area contributed by atoms with Crippen LogP contribution in [0.3, 0.4) is 0 Å². The zero-order chi connectivity index (χ0) is 13.8. The number of aromatic nitrogens is 2. The summed E-state index contributed by atoms with van der Waals surface area (Å²) in [7, 11) is 0. The van der Waals surface area contributed by atoms with Crippen LogP contribution >= 0.6 is 0 Å². The maximum absolute atomic E-state index is 13.5. The molecule has 1 aromatic carbocycles. The molecule has 0 bridgehead atoms. The second-order valence-corrected chi connectivity index (χ2v) is 3.67. The lowest BCUT2D eigenvalue weighted by Crippen LogP contribution is -2.28.